The van der Waals surface area contributed by atoms with E-state index in [9.17, 15) is 9.59 Å². The van der Waals surface area contributed by atoms with E-state index in [-0.39, 0.29) is 29.9 Å². The number of esters is 1. The molecule has 0 aromatic carbocycles. The quantitative estimate of drug-likeness (QED) is 0.172. The summed E-state index contributed by atoms with van der Waals surface area (Å²) in [6.45, 7) is 4.65. The van der Waals surface area contributed by atoms with E-state index in [1.807, 2.05) is 0 Å². The van der Waals surface area contributed by atoms with Gasteiger partial charge >= 0.3 is 5.97 Å². The van der Waals surface area contributed by atoms with Crippen LogP contribution < -0.4 is 11.2 Å². The Hall–Kier alpha value is -3.21. The summed E-state index contributed by atoms with van der Waals surface area (Å²) in [7, 11) is 0. The van der Waals surface area contributed by atoms with Gasteiger partial charge in [-0.05, 0) is 46.0 Å². The van der Waals surface area contributed by atoms with Gasteiger partial charge in [-0.3, -0.25) is 9.78 Å². The third-order valence-electron chi connectivity index (χ3n) is 6.76. The molecular weight excluding hydrogens is 412 g/mol. The first kappa shape index (κ1) is 22.0. The number of hydrogen-bond donors (Lipinski definition) is 2. The number of aliphatic imine (C=N–C) groups is 1. The van der Waals surface area contributed by atoms with Crippen LogP contribution in [0.2, 0.25) is 0 Å². The van der Waals surface area contributed by atoms with Crippen molar-refractivity contribution in [2.75, 3.05) is 13.2 Å². The van der Waals surface area contributed by atoms with Crippen molar-refractivity contribution in [2.24, 2.45) is 26.6 Å². The van der Waals surface area contributed by atoms with Crippen LogP contribution in [0.4, 0.5) is 5.82 Å². The number of nitrogens with two attached hydrogens (primary N) is 1. The molecule has 32 heavy (non-hydrogen) atoms. The van der Waals surface area contributed by atoms with Gasteiger partial charge in [0.2, 0.25) is 5.91 Å². The molecule has 0 unspecified atom stereocenters. The Labute approximate surface area is 186 Å². The Kier molecular flexibility index (Phi) is 6.26. The average Bonchev–Trinajstić information content (AvgIpc) is 3.29. The van der Waals surface area contributed by atoms with Crippen LogP contribution in [0.25, 0.3) is 0 Å². The molecule has 1 aromatic heterocycles. The second kappa shape index (κ2) is 9.11. The number of ether oxygens (including phenoxy) is 1. The maximum Gasteiger partial charge on any atom is 0.336 e. The molecule has 0 radical (unpaired) electrons. The van der Waals surface area contributed by atoms with Crippen LogP contribution in [0.1, 0.15) is 57.7 Å². The first-order chi connectivity index (χ1) is 15.4. The summed E-state index contributed by atoms with van der Waals surface area (Å²) in [5.74, 6) is 5.17. The van der Waals surface area contributed by atoms with E-state index in [2.05, 4.69) is 37.5 Å². The number of nitrogens with zero attached hydrogens (tertiary/aromatic N) is 6. The van der Waals surface area contributed by atoms with Gasteiger partial charge in [0, 0.05) is 18.6 Å². The van der Waals surface area contributed by atoms with Gasteiger partial charge in [0.25, 0.3) is 0 Å². The molecule has 0 bridgehead atoms. The third kappa shape index (κ3) is 4.24. The predicted octanol–water partition coefficient (Wildman–Crippen LogP) is 2.10. The molecule has 1 saturated carbocycles. The summed E-state index contributed by atoms with van der Waals surface area (Å²) in [5, 5.41) is 10.2. The zero-order chi connectivity index (χ0) is 22.7. The summed E-state index contributed by atoms with van der Waals surface area (Å²) in [5.41, 5.74) is 1.80. The molecule has 3 N–H and O–H groups in total. The van der Waals surface area contributed by atoms with Crippen molar-refractivity contribution < 1.29 is 14.3 Å². The summed E-state index contributed by atoms with van der Waals surface area (Å²) >= 11 is 0. The topological polar surface area (TPSA) is 148 Å². The first-order valence-electron chi connectivity index (χ1n) is 10.8. The van der Waals surface area contributed by atoms with Crippen molar-refractivity contribution in [3.63, 3.8) is 0 Å². The standard InChI is InChI=1S/C21H28N8O3/c1-13-17(11-32-19(13)30)29-8-7-21(20(29)31)5-3-15(4-6-21)27-14(2)16-9-24-18(10-23-16)25-12-26-28-22/h9-10,12,14-15,27H,3-8,11H2,1-2H3,(H2,22,24,25,26)/t14-,15?,21?/m1/s1. The highest BCUT2D eigenvalue weighted by molar-refractivity contribution is 5.94. The van der Waals surface area contributed by atoms with Gasteiger partial charge in [-0.1, -0.05) is 5.22 Å². The normalized spacial score (nSPS) is 27.3. The zero-order valence-corrected chi connectivity index (χ0v) is 18.3. The molecule has 1 aromatic rings. The minimum atomic E-state index is -0.320. The molecule has 1 atom stereocenters. The fraction of sp³-hybridized carbons (Fsp3) is 0.571. The molecule has 1 amide bonds. The smallest absolute Gasteiger partial charge is 0.336 e. The fourth-order valence-corrected chi connectivity index (χ4v) is 4.80. The van der Waals surface area contributed by atoms with Crippen LogP contribution >= 0.6 is 0 Å². The van der Waals surface area contributed by atoms with Crippen LogP contribution in [0.3, 0.4) is 0 Å². The van der Waals surface area contributed by atoms with Crippen LogP contribution in [0.15, 0.2) is 39.0 Å². The number of nitrogens with one attached hydrogen (secondary N) is 1. The number of amides is 1. The van der Waals surface area contributed by atoms with E-state index in [4.69, 9.17) is 10.6 Å². The zero-order valence-electron chi connectivity index (χ0n) is 18.3. The highest BCUT2D eigenvalue weighted by Crippen LogP contribution is 2.46. The van der Waals surface area contributed by atoms with Crippen molar-refractivity contribution in [1.29, 1.82) is 0 Å². The molecule has 2 fully saturated rings. The number of cyclic esters (lactones) is 1. The minimum Gasteiger partial charge on any atom is -0.456 e. The van der Waals surface area contributed by atoms with Crippen molar-refractivity contribution in [3.05, 3.63) is 29.4 Å². The molecule has 1 saturated heterocycles. The number of carbonyl (C=O) groups excluding carboxylic acids is 2. The van der Waals surface area contributed by atoms with Gasteiger partial charge in [0.15, 0.2) is 5.82 Å². The van der Waals surface area contributed by atoms with E-state index in [0.717, 1.165) is 43.5 Å². The number of likely N-dealkylation sites (tertiary alicyclic amines) is 1. The van der Waals surface area contributed by atoms with Crippen molar-refractivity contribution in [3.8, 4) is 0 Å². The molecular formula is C21H28N8O3. The van der Waals surface area contributed by atoms with E-state index < -0.39 is 0 Å². The lowest BCUT2D eigenvalue weighted by molar-refractivity contribution is -0.138. The average molecular weight is 441 g/mol. The van der Waals surface area contributed by atoms with Crippen molar-refractivity contribution in [2.45, 2.75) is 58.0 Å². The maximum atomic E-state index is 13.3. The Balaban J connectivity index is 1.32. The Bertz CT molecular complexity index is 964. The second-order valence-corrected chi connectivity index (χ2v) is 8.57. The lowest BCUT2D eigenvalue weighted by atomic mass is 9.71. The number of aromatic nitrogens is 2. The molecule has 11 heteroatoms. The van der Waals surface area contributed by atoms with E-state index in [1.54, 1.807) is 24.2 Å². The van der Waals surface area contributed by atoms with Crippen LogP contribution in [-0.2, 0) is 14.3 Å². The highest BCUT2D eigenvalue weighted by atomic mass is 16.5. The molecule has 3 heterocycles. The molecule has 170 valence electrons. The van der Waals surface area contributed by atoms with Gasteiger partial charge in [0.1, 0.15) is 12.9 Å². The molecule has 1 aliphatic carbocycles. The Morgan fingerprint density at radius 2 is 2.06 bits per heavy atom. The molecule has 11 nitrogen and oxygen atoms in total. The minimum absolute atomic E-state index is 0.0218. The van der Waals surface area contributed by atoms with E-state index in [1.165, 1.54) is 6.34 Å². The van der Waals surface area contributed by atoms with E-state index >= 15 is 0 Å². The SMILES string of the molecule is CC1=C(N2CCC3(CCC(N[C@H](C)c4cnc(N=CN=NN)cn4)CC3)C2=O)COC1=O. The highest BCUT2D eigenvalue weighted by Gasteiger charge is 2.50. The monoisotopic (exact) mass is 440 g/mol. The van der Waals surface area contributed by atoms with Gasteiger partial charge < -0.3 is 20.8 Å². The molecule has 1 spiro atoms. The van der Waals surface area contributed by atoms with Crippen LogP contribution in [0.5, 0.6) is 0 Å². The molecule has 3 aliphatic rings. The van der Waals surface area contributed by atoms with Crippen molar-refractivity contribution in [1.82, 2.24) is 20.2 Å². The largest absolute Gasteiger partial charge is 0.456 e. The summed E-state index contributed by atoms with van der Waals surface area (Å²) in [6.07, 6.45) is 8.81. The maximum absolute atomic E-state index is 13.3. The molecule has 4 rings (SSSR count). The summed E-state index contributed by atoms with van der Waals surface area (Å²) in [6, 6.07) is 0.327. The lowest BCUT2D eigenvalue weighted by Gasteiger charge is -2.37. The predicted molar refractivity (Wildman–Crippen MR) is 115 cm³/mol. The molecule has 2 aliphatic heterocycles. The van der Waals surface area contributed by atoms with Gasteiger partial charge in [-0.15, -0.1) is 5.11 Å². The Morgan fingerprint density at radius 1 is 1.28 bits per heavy atom. The first-order valence-corrected chi connectivity index (χ1v) is 10.8. The lowest BCUT2D eigenvalue weighted by Crippen LogP contribution is -2.42. The van der Waals surface area contributed by atoms with E-state index in [0.29, 0.717) is 24.0 Å². The summed E-state index contributed by atoms with van der Waals surface area (Å²) < 4.78 is 5.10. The van der Waals surface area contributed by atoms with Gasteiger partial charge in [-0.2, -0.15) is 0 Å². The van der Waals surface area contributed by atoms with Crippen LogP contribution in [-0.4, -0.2) is 52.3 Å². The fourth-order valence-electron chi connectivity index (χ4n) is 4.80. The van der Waals surface area contributed by atoms with Gasteiger partial charge in [0.05, 0.1) is 34.8 Å². The third-order valence-corrected chi connectivity index (χ3v) is 6.76. The summed E-state index contributed by atoms with van der Waals surface area (Å²) in [4.78, 5) is 39.4. The number of rotatable bonds is 6. The van der Waals surface area contributed by atoms with Crippen molar-refractivity contribution >= 4 is 24.0 Å². The van der Waals surface area contributed by atoms with Gasteiger partial charge in [-0.25, -0.2) is 14.8 Å². The number of carbonyl (C=O) groups is 2. The van der Waals surface area contributed by atoms with Crippen LogP contribution in [0, 0.1) is 5.41 Å². The Morgan fingerprint density at radius 3 is 2.69 bits per heavy atom. The number of hydrogen-bond acceptors (Lipinski definition) is 8. The second-order valence-electron chi connectivity index (χ2n) is 8.57.